The lowest BCUT2D eigenvalue weighted by Crippen LogP contribution is -2.31. The van der Waals surface area contributed by atoms with E-state index in [1.807, 2.05) is 10.9 Å². The van der Waals surface area contributed by atoms with Crippen LogP contribution in [0.5, 0.6) is 0 Å². The summed E-state index contributed by atoms with van der Waals surface area (Å²) in [6.07, 6.45) is 7.67. The lowest BCUT2D eigenvalue weighted by atomic mass is 10.0. The summed E-state index contributed by atoms with van der Waals surface area (Å²) in [4.78, 5) is 0. The molecule has 1 aromatic rings. The van der Waals surface area contributed by atoms with Crippen LogP contribution in [0.25, 0.3) is 0 Å². The quantitative estimate of drug-likeness (QED) is 0.595. The Balaban J connectivity index is 2.01. The van der Waals surface area contributed by atoms with Gasteiger partial charge in [-0.3, -0.25) is 16.0 Å². The Kier molecular flexibility index (Phi) is 5.81. The maximum Gasteiger partial charge on any atom is 0.0709 e. The summed E-state index contributed by atoms with van der Waals surface area (Å²) in [5, 5.41) is 4.40. The average Bonchev–Trinajstić information content (AvgIpc) is 3.03. The summed E-state index contributed by atoms with van der Waals surface area (Å²) >= 11 is 3.57. The van der Waals surface area contributed by atoms with Gasteiger partial charge in [0.1, 0.15) is 0 Å². The molecule has 1 aromatic heterocycles. The lowest BCUT2D eigenvalue weighted by Gasteiger charge is -2.20. The number of hydrogen-bond donors (Lipinski definition) is 2. The molecule has 1 aliphatic rings. The van der Waals surface area contributed by atoms with E-state index in [1.54, 1.807) is 0 Å². The second-order valence-electron chi connectivity index (χ2n) is 5.03. The second kappa shape index (κ2) is 7.38. The van der Waals surface area contributed by atoms with Crippen molar-refractivity contribution in [1.29, 1.82) is 0 Å². The number of ether oxygens (including phenoxy) is 1. The van der Waals surface area contributed by atoms with Crippen LogP contribution in [-0.2, 0) is 11.3 Å². The summed E-state index contributed by atoms with van der Waals surface area (Å²) in [5.74, 6) is 5.73. The molecule has 5 nitrogen and oxygen atoms in total. The molecule has 3 N–H and O–H groups in total. The van der Waals surface area contributed by atoms with Gasteiger partial charge < -0.3 is 4.74 Å². The highest BCUT2D eigenvalue weighted by atomic mass is 79.9. The number of nitrogens with zero attached hydrogens (tertiary/aromatic N) is 2. The molecule has 2 atom stereocenters. The van der Waals surface area contributed by atoms with Crippen LogP contribution in [0.1, 0.15) is 50.8 Å². The topological polar surface area (TPSA) is 65.1 Å². The van der Waals surface area contributed by atoms with Crippen molar-refractivity contribution in [2.45, 2.75) is 57.7 Å². The van der Waals surface area contributed by atoms with Gasteiger partial charge in [0.15, 0.2) is 0 Å². The van der Waals surface area contributed by atoms with Gasteiger partial charge in [0.25, 0.3) is 0 Å². The zero-order valence-corrected chi connectivity index (χ0v) is 13.0. The van der Waals surface area contributed by atoms with E-state index in [4.69, 9.17) is 10.6 Å². The van der Waals surface area contributed by atoms with Gasteiger partial charge in [0, 0.05) is 13.2 Å². The molecule has 0 aliphatic carbocycles. The minimum absolute atomic E-state index is 0.118. The summed E-state index contributed by atoms with van der Waals surface area (Å²) in [6, 6.07) is 0.118. The third-order valence-corrected chi connectivity index (χ3v) is 4.21. The van der Waals surface area contributed by atoms with Crippen LogP contribution < -0.4 is 11.3 Å². The minimum Gasteiger partial charge on any atom is -0.378 e. The van der Waals surface area contributed by atoms with Crippen molar-refractivity contribution in [1.82, 2.24) is 15.2 Å². The largest absolute Gasteiger partial charge is 0.378 e. The molecule has 2 rings (SSSR count). The van der Waals surface area contributed by atoms with E-state index in [1.165, 1.54) is 12.8 Å². The first-order valence-corrected chi connectivity index (χ1v) is 7.84. The molecule has 0 radical (unpaired) electrons. The minimum atomic E-state index is 0.118. The highest BCUT2D eigenvalue weighted by Gasteiger charge is 2.22. The van der Waals surface area contributed by atoms with Crippen LogP contribution >= 0.6 is 15.9 Å². The number of aryl methyl sites for hydroxylation is 1. The normalized spacial score (nSPS) is 20.9. The standard InChI is InChI=1S/C13H23BrN4O/c1-2-7-18-13(11(14)9-16-18)12(17-15)6-5-10-4-3-8-19-10/h9-10,12,17H,2-8,15H2,1H3. The number of nitrogens with one attached hydrogen (secondary N) is 1. The van der Waals surface area contributed by atoms with E-state index < -0.39 is 0 Å². The molecular formula is C13H23BrN4O. The first-order valence-electron chi connectivity index (χ1n) is 7.05. The molecule has 19 heavy (non-hydrogen) atoms. The molecule has 2 heterocycles. The Hall–Kier alpha value is -0.430. The van der Waals surface area contributed by atoms with Crippen molar-refractivity contribution in [3.8, 4) is 0 Å². The van der Waals surface area contributed by atoms with E-state index in [2.05, 4.69) is 33.4 Å². The van der Waals surface area contributed by atoms with E-state index in [0.29, 0.717) is 6.10 Å². The van der Waals surface area contributed by atoms with E-state index >= 15 is 0 Å². The predicted octanol–water partition coefficient (Wildman–Crippen LogP) is 2.52. The molecule has 0 spiro atoms. The molecule has 0 amide bonds. The lowest BCUT2D eigenvalue weighted by molar-refractivity contribution is 0.0992. The van der Waals surface area contributed by atoms with Gasteiger partial charge in [-0.15, -0.1) is 0 Å². The molecule has 0 bridgehead atoms. The molecular weight excluding hydrogens is 308 g/mol. The number of nitrogens with two attached hydrogens (primary N) is 1. The van der Waals surface area contributed by atoms with Crippen molar-refractivity contribution in [2.24, 2.45) is 5.84 Å². The first-order chi connectivity index (χ1) is 9.26. The van der Waals surface area contributed by atoms with Crippen molar-refractivity contribution >= 4 is 15.9 Å². The van der Waals surface area contributed by atoms with Gasteiger partial charge >= 0.3 is 0 Å². The zero-order valence-electron chi connectivity index (χ0n) is 11.4. The summed E-state index contributed by atoms with van der Waals surface area (Å²) in [5.41, 5.74) is 4.06. The van der Waals surface area contributed by atoms with Crippen LogP contribution in [0.2, 0.25) is 0 Å². The number of rotatable bonds is 7. The SMILES string of the molecule is CCCn1ncc(Br)c1C(CCC1CCCO1)NN. The van der Waals surface area contributed by atoms with E-state index in [0.717, 1.165) is 42.6 Å². The van der Waals surface area contributed by atoms with Gasteiger partial charge in [-0.05, 0) is 48.0 Å². The van der Waals surface area contributed by atoms with Crippen LogP contribution in [0.4, 0.5) is 0 Å². The molecule has 108 valence electrons. The van der Waals surface area contributed by atoms with Gasteiger partial charge in [-0.2, -0.15) is 5.10 Å². The number of halogens is 1. The van der Waals surface area contributed by atoms with Crippen molar-refractivity contribution in [3.63, 3.8) is 0 Å². The fourth-order valence-electron chi connectivity index (χ4n) is 2.63. The Morgan fingerprint density at radius 2 is 2.53 bits per heavy atom. The smallest absolute Gasteiger partial charge is 0.0709 e. The van der Waals surface area contributed by atoms with Crippen LogP contribution in [0.3, 0.4) is 0 Å². The second-order valence-corrected chi connectivity index (χ2v) is 5.89. The number of aromatic nitrogens is 2. The predicted molar refractivity (Wildman–Crippen MR) is 78.5 cm³/mol. The number of hydrazine groups is 1. The molecule has 0 aromatic carbocycles. The third kappa shape index (κ3) is 3.78. The summed E-state index contributed by atoms with van der Waals surface area (Å²) in [7, 11) is 0. The maximum atomic E-state index is 5.73. The zero-order chi connectivity index (χ0) is 13.7. The first kappa shape index (κ1) is 15.0. The highest BCUT2D eigenvalue weighted by Crippen LogP contribution is 2.28. The Morgan fingerprint density at radius 1 is 1.68 bits per heavy atom. The van der Waals surface area contributed by atoms with Gasteiger partial charge in [0.2, 0.25) is 0 Å². The molecule has 2 unspecified atom stereocenters. The molecule has 0 saturated carbocycles. The van der Waals surface area contributed by atoms with Crippen molar-refractivity contribution in [3.05, 3.63) is 16.4 Å². The highest BCUT2D eigenvalue weighted by molar-refractivity contribution is 9.10. The summed E-state index contributed by atoms with van der Waals surface area (Å²) in [6.45, 7) is 3.97. The maximum absolute atomic E-state index is 5.73. The van der Waals surface area contributed by atoms with Crippen LogP contribution in [0, 0.1) is 0 Å². The summed E-state index contributed by atoms with van der Waals surface area (Å²) < 4.78 is 8.73. The monoisotopic (exact) mass is 330 g/mol. The van der Waals surface area contributed by atoms with Crippen LogP contribution in [-0.4, -0.2) is 22.5 Å². The molecule has 6 heteroatoms. The molecule has 1 saturated heterocycles. The number of hydrogen-bond acceptors (Lipinski definition) is 4. The van der Waals surface area contributed by atoms with E-state index in [-0.39, 0.29) is 6.04 Å². The van der Waals surface area contributed by atoms with Gasteiger partial charge in [-0.1, -0.05) is 6.92 Å². The van der Waals surface area contributed by atoms with Crippen LogP contribution in [0.15, 0.2) is 10.7 Å². The Bertz CT molecular complexity index is 390. The molecule has 1 fully saturated rings. The van der Waals surface area contributed by atoms with Gasteiger partial charge in [-0.25, -0.2) is 0 Å². The van der Waals surface area contributed by atoms with Crippen molar-refractivity contribution in [2.75, 3.05) is 6.61 Å². The molecule has 1 aliphatic heterocycles. The Labute approximate surface area is 123 Å². The van der Waals surface area contributed by atoms with E-state index in [9.17, 15) is 0 Å². The Morgan fingerprint density at radius 3 is 3.16 bits per heavy atom. The third-order valence-electron chi connectivity index (χ3n) is 3.60. The van der Waals surface area contributed by atoms with Gasteiger partial charge in [0.05, 0.1) is 28.5 Å². The fourth-order valence-corrected chi connectivity index (χ4v) is 3.20. The fraction of sp³-hybridized carbons (Fsp3) is 0.769. The average molecular weight is 331 g/mol. The van der Waals surface area contributed by atoms with Crippen molar-refractivity contribution < 1.29 is 4.74 Å².